The Bertz CT molecular complexity index is 1850. The number of anilines is 1. The fourth-order valence-electron chi connectivity index (χ4n) is 7.78. The van der Waals surface area contributed by atoms with E-state index in [0.717, 1.165) is 137 Å². The van der Waals surface area contributed by atoms with Gasteiger partial charge in [-0.05, 0) is 114 Å². The van der Waals surface area contributed by atoms with Gasteiger partial charge in [-0.3, -0.25) is 19.2 Å². The van der Waals surface area contributed by atoms with Crippen molar-refractivity contribution in [3.8, 4) is 0 Å². The molecule has 0 aliphatic carbocycles. The smallest absolute Gasteiger partial charge is 0.256 e. The summed E-state index contributed by atoms with van der Waals surface area (Å²) in [5.41, 5.74) is 7.75. The van der Waals surface area contributed by atoms with Gasteiger partial charge in [-0.2, -0.15) is 0 Å². The monoisotopic (exact) mass is 743 g/mol. The van der Waals surface area contributed by atoms with Crippen molar-refractivity contribution >= 4 is 41.3 Å². The molecule has 12 heteroatoms. The fourth-order valence-corrected chi connectivity index (χ4v) is 7.78. The van der Waals surface area contributed by atoms with E-state index in [0.29, 0.717) is 34.6 Å². The van der Waals surface area contributed by atoms with Gasteiger partial charge < -0.3 is 34.9 Å². The number of amides is 3. The van der Waals surface area contributed by atoms with E-state index in [1.165, 1.54) is 12.1 Å². The number of aromatic nitrogens is 2. The molecule has 0 fully saturated rings. The van der Waals surface area contributed by atoms with Crippen molar-refractivity contribution in [2.75, 3.05) is 70.8 Å². The lowest BCUT2D eigenvalue weighted by Gasteiger charge is -2.28. The number of carbonyl (C=O) groups is 4. The molecular formula is C42H58FN7O4. The van der Waals surface area contributed by atoms with Crippen LogP contribution >= 0.6 is 0 Å². The molecule has 3 aliphatic heterocycles. The van der Waals surface area contributed by atoms with Gasteiger partial charge in [0.1, 0.15) is 5.82 Å². The molecular weight excluding hydrogens is 686 g/mol. The zero-order valence-corrected chi connectivity index (χ0v) is 33.0. The molecule has 0 unspecified atom stereocenters. The number of H-pyrrole nitrogens is 2. The Kier molecular flexibility index (Phi) is 14.0. The molecule has 1 aromatic carbocycles. The van der Waals surface area contributed by atoms with Crippen molar-refractivity contribution < 1.29 is 23.6 Å². The second-order valence-electron chi connectivity index (χ2n) is 14.4. The number of aldehydes is 1. The fraction of sp³-hybridized carbons (Fsp3) is 0.524. The van der Waals surface area contributed by atoms with Crippen molar-refractivity contribution in [2.45, 2.75) is 80.1 Å². The molecule has 6 rings (SSSR count). The van der Waals surface area contributed by atoms with E-state index in [4.69, 9.17) is 0 Å². The van der Waals surface area contributed by atoms with Gasteiger partial charge in [0.15, 0.2) is 6.29 Å². The number of nitrogens with zero attached hydrogens (tertiary/aromatic N) is 4. The third-order valence-electron chi connectivity index (χ3n) is 11.3. The average Bonchev–Trinajstić information content (AvgIpc) is 3.76. The molecule has 0 atom stereocenters. The van der Waals surface area contributed by atoms with E-state index in [2.05, 4.69) is 52.8 Å². The van der Waals surface area contributed by atoms with Crippen LogP contribution in [0.2, 0.25) is 0 Å². The van der Waals surface area contributed by atoms with Crippen LogP contribution in [0, 0.1) is 19.7 Å². The molecule has 11 nitrogen and oxygen atoms in total. The number of carbonyl (C=O) groups excluding carboxylic acids is 4. The van der Waals surface area contributed by atoms with Crippen LogP contribution in [0.25, 0.3) is 11.6 Å². The number of hydrogen-bond acceptors (Lipinski definition) is 6. The number of halogens is 1. The lowest BCUT2D eigenvalue weighted by atomic mass is 10.0. The van der Waals surface area contributed by atoms with Gasteiger partial charge in [0.05, 0.1) is 22.4 Å². The Hall–Kier alpha value is -4.55. The molecule has 0 saturated heterocycles. The van der Waals surface area contributed by atoms with Crippen LogP contribution in [0.4, 0.5) is 10.1 Å². The summed E-state index contributed by atoms with van der Waals surface area (Å²) in [6.07, 6.45) is 8.21. The molecule has 5 heterocycles. The van der Waals surface area contributed by atoms with Gasteiger partial charge in [0.2, 0.25) is 0 Å². The van der Waals surface area contributed by atoms with E-state index in [-0.39, 0.29) is 23.5 Å². The highest BCUT2D eigenvalue weighted by atomic mass is 19.1. The molecule has 54 heavy (non-hydrogen) atoms. The SMILES string of the molecule is CCN(CC)CCN1CCCCc2[nH]c(/C=C3\C(=O)Nc4ccc(F)cc43)c(C)c2C1=O.CCN(CC)CCN1CCCCc2[nH]c(C=O)c(C)c2C1=O. The first-order chi connectivity index (χ1) is 26.0. The van der Waals surface area contributed by atoms with Gasteiger partial charge >= 0.3 is 0 Å². The molecule has 3 N–H and O–H groups in total. The Balaban J connectivity index is 0.000000223. The maximum absolute atomic E-state index is 13.8. The molecule has 3 amide bonds. The van der Waals surface area contributed by atoms with Crippen LogP contribution in [0.3, 0.4) is 0 Å². The molecule has 292 valence electrons. The first kappa shape index (κ1) is 40.6. The van der Waals surface area contributed by atoms with E-state index in [1.807, 2.05) is 23.6 Å². The van der Waals surface area contributed by atoms with Crippen LogP contribution in [0.1, 0.15) is 118 Å². The summed E-state index contributed by atoms with van der Waals surface area (Å²) >= 11 is 0. The minimum absolute atomic E-state index is 0.0487. The van der Waals surface area contributed by atoms with Crippen molar-refractivity contribution in [1.29, 1.82) is 0 Å². The molecule has 0 bridgehead atoms. The first-order valence-electron chi connectivity index (χ1n) is 19.8. The van der Waals surface area contributed by atoms with Crippen LogP contribution in [-0.4, -0.2) is 119 Å². The van der Waals surface area contributed by atoms with Crippen molar-refractivity contribution in [3.63, 3.8) is 0 Å². The van der Waals surface area contributed by atoms with Crippen molar-refractivity contribution in [1.82, 2.24) is 29.6 Å². The number of rotatable bonds is 12. The summed E-state index contributed by atoms with van der Waals surface area (Å²) in [4.78, 5) is 65.2. The second kappa shape index (κ2) is 18.7. The number of benzene rings is 1. The van der Waals surface area contributed by atoms with Crippen LogP contribution in [0.15, 0.2) is 18.2 Å². The summed E-state index contributed by atoms with van der Waals surface area (Å²) in [6, 6.07) is 4.27. The molecule has 0 radical (unpaired) electrons. The van der Waals surface area contributed by atoms with Gasteiger partial charge in [-0.25, -0.2) is 4.39 Å². The first-order valence-corrected chi connectivity index (χ1v) is 19.8. The van der Waals surface area contributed by atoms with Crippen LogP contribution in [0.5, 0.6) is 0 Å². The number of aryl methyl sites for hydroxylation is 2. The van der Waals surface area contributed by atoms with E-state index >= 15 is 0 Å². The normalized spacial score (nSPS) is 16.7. The average molecular weight is 744 g/mol. The van der Waals surface area contributed by atoms with Crippen LogP contribution < -0.4 is 5.32 Å². The summed E-state index contributed by atoms with van der Waals surface area (Å²) in [5, 5.41) is 2.78. The molecule has 0 spiro atoms. The minimum Gasteiger partial charge on any atom is -0.358 e. The van der Waals surface area contributed by atoms with Gasteiger partial charge in [0, 0.05) is 67.6 Å². The highest BCUT2D eigenvalue weighted by molar-refractivity contribution is 6.35. The predicted molar refractivity (Wildman–Crippen MR) is 213 cm³/mol. The molecule has 0 saturated carbocycles. The Labute approximate surface area is 319 Å². The quantitative estimate of drug-likeness (QED) is 0.147. The molecule has 3 aromatic rings. The summed E-state index contributed by atoms with van der Waals surface area (Å²) in [6.45, 7) is 21.1. The predicted octanol–water partition coefficient (Wildman–Crippen LogP) is 6.33. The van der Waals surface area contributed by atoms with Gasteiger partial charge in [-0.15, -0.1) is 0 Å². The maximum Gasteiger partial charge on any atom is 0.256 e. The van der Waals surface area contributed by atoms with Crippen molar-refractivity contribution in [3.05, 3.63) is 74.6 Å². The Morgan fingerprint density at radius 2 is 1.24 bits per heavy atom. The Morgan fingerprint density at radius 3 is 1.74 bits per heavy atom. The number of fused-ring (bicyclic) bond motifs is 3. The maximum atomic E-state index is 13.8. The lowest BCUT2D eigenvalue weighted by molar-refractivity contribution is -0.110. The number of likely N-dealkylation sites (N-methyl/N-ethyl adjacent to an activating group) is 2. The number of hydrogen-bond donors (Lipinski definition) is 3. The topological polar surface area (TPSA) is 125 Å². The Morgan fingerprint density at radius 1 is 0.741 bits per heavy atom. The lowest BCUT2D eigenvalue weighted by Crippen LogP contribution is -2.40. The van der Waals surface area contributed by atoms with E-state index < -0.39 is 0 Å². The standard InChI is InChI=1S/C25H31FN4O2.C17H27N3O2/c1-4-29(5-2)12-13-30-11-7-6-8-21-23(25(30)32)16(3)22(27-21)15-19-18-14-17(26)9-10-20(18)28-24(19)31;1-4-19(5-2)10-11-20-9-7-6-8-14-16(17(20)22)13(3)15(12-21)18-14/h9-10,14-15,27H,4-8,11-13H2,1-3H3,(H,28,31);12,18H,4-11H2,1-3H3/b19-15-;. The van der Waals surface area contributed by atoms with E-state index in [9.17, 15) is 23.6 Å². The van der Waals surface area contributed by atoms with Gasteiger partial charge in [0.25, 0.3) is 17.7 Å². The van der Waals surface area contributed by atoms with Crippen molar-refractivity contribution in [2.24, 2.45) is 0 Å². The van der Waals surface area contributed by atoms with E-state index in [1.54, 1.807) is 12.1 Å². The number of aromatic amines is 2. The highest BCUT2D eigenvalue weighted by Gasteiger charge is 2.30. The third-order valence-corrected chi connectivity index (χ3v) is 11.3. The molecule has 3 aliphatic rings. The minimum atomic E-state index is -0.388. The summed E-state index contributed by atoms with van der Waals surface area (Å²) in [7, 11) is 0. The third kappa shape index (κ3) is 9.03. The zero-order valence-electron chi connectivity index (χ0n) is 33.0. The van der Waals surface area contributed by atoms with Gasteiger partial charge in [-0.1, -0.05) is 27.7 Å². The molecule has 2 aromatic heterocycles. The summed E-state index contributed by atoms with van der Waals surface area (Å²) < 4.78 is 13.8. The largest absolute Gasteiger partial charge is 0.358 e. The zero-order chi connectivity index (χ0) is 38.9. The highest BCUT2D eigenvalue weighted by Crippen LogP contribution is 2.35. The number of nitrogens with one attached hydrogen (secondary N) is 3. The second-order valence-corrected chi connectivity index (χ2v) is 14.4. The summed E-state index contributed by atoms with van der Waals surface area (Å²) in [5.74, 6) is -0.531. The van der Waals surface area contributed by atoms with Crippen LogP contribution in [-0.2, 0) is 17.6 Å².